The van der Waals surface area contributed by atoms with Crippen molar-refractivity contribution in [3.05, 3.63) is 29.3 Å². The number of carbonyl (C=O) groups excluding carboxylic acids is 1. The molecule has 25 heavy (non-hydrogen) atoms. The molecule has 1 saturated heterocycles. The van der Waals surface area contributed by atoms with Crippen LogP contribution in [0.25, 0.3) is 0 Å². The molecule has 0 aromatic heterocycles. The Morgan fingerprint density at radius 3 is 2.40 bits per heavy atom. The summed E-state index contributed by atoms with van der Waals surface area (Å²) in [6.07, 6.45) is 5.01. The monoisotopic (exact) mass is 364 g/mol. The third-order valence-corrected chi connectivity index (χ3v) is 7.11. The minimum absolute atomic E-state index is 0.0520. The lowest BCUT2D eigenvalue weighted by Gasteiger charge is -2.24. The third-order valence-electron chi connectivity index (χ3n) is 5.22. The first-order chi connectivity index (χ1) is 11.9. The van der Waals surface area contributed by atoms with Gasteiger partial charge in [0, 0.05) is 32.1 Å². The maximum atomic E-state index is 13.1. The Hall–Kier alpha value is -1.40. The SMILES string of the molecule is CC(C)C(=O)N1CCCN(S(=O)(=O)c2ccc3c(c2)CCCC3)CC1. The Labute approximate surface area is 151 Å². The molecular weight excluding hydrogens is 336 g/mol. The quantitative estimate of drug-likeness (QED) is 0.828. The van der Waals surface area contributed by atoms with Crippen LogP contribution in [0.5, 0.6) is 0 Å². The van der Waals surface area contributed by atoms with Gasteiger partial charge in [-0.05, 0) is 55.4 Å². The molecule has 0 spiro atoms. The summed E-state index contributed by atoms with van der Waals surface area (Å²) in [6.45, 7) is 5.72. The first-order valence-corrected chi connectivity index (χ1v) is 10.7. The van der Waals surface area contributed by atoms with Gasteiger partial charge >= 0.3 is 0 Å². The lowest BCUT2D eigenvalue weighted by molar-refractivity contribution is -0.134. The van der Waals surface area contributed by atoms with Crippen molar-refractivity contribution in [2.45, 2.75) is 50.8 Å². The molecule has 0 radical (unpaired) electrons. The summed E-state index contributed by atoms with van der Waals surface area (Å²) >= 11 is 0. The van der Waals surface area contributed by atoms with E-state index in [1.165, 1.54) is 17.5 Å². The smallest absolute Gasteiger partial charge is 0.243 e. The number of fused-ring (bicyclic) bond motifs is 1. The Balaban J connectivity index is 1.77. The van der Waals surface area contributed by atoms with Crippen molar-refractivity contribution in [1.82, 2.24) is 9.21 Å². The predicted molar refractivity (Wildman–Crippen MR) is 97.9 cm³/mol. The van der Waals surface area contributed by atoms with Gasteiger partial charge in [-0.3, -0.25) is 4.79 Å². The highest BCUT2D eigenvalue weighted by molar-refractivity contribution is 7.89. The Kier molecular flexibility index (Phi) is 5.49. The standard InChI is InChI=1S/C19H28N2O3S/c1-15(2)19(22)20-10-5-11-21(13-12-20)25(23,24)18-9-8-16-6-3-4-7-17(16)14-18/h8-9,14-15H,3-7,10-13H2,1-2H3. The van der Waals surface area contributed by atoms with Gasteiger partial charge in [0.25, 0.3) is 0 Å². The number of nitrogens with zero attached hydrogens (tertiary/aromatic N) is 2. The molecule has 1 heterocycles. The molecule has 6 heteroatoms. The molecule has 3 rings (SSSR count). The average molecular weight is 365 g/mol. The lowest BCUT2D eigenvalue weighted by Crippen LogP contribution is -2.39. The fourth-order valence-electron chi connectivity index (χ4n) is 3.74. The molecule has 0 atom stereocenters. The van der Waals surface area contributed by atoms with Crippen LogP contribution in [-0.4, -0.2) is 49.7 Å². The molecule has 1 amide bonds. The molecule has 0 unspecified atom stereocenters. The second kappa shape index (κ2) is 7.46. The first kappa shape index (κ1) is 18.4. The fraction of sp³-hybridized carbons (Fsp3) is 0.632. The minimum Gasteiger partial charge on any atom is -0.341 e. The number of hydrogen-bond acceptors (Lipinski definition) is 3. The number of hydrogen-bond donors (Lipinski definition) is 0. The summed E-state index contributed by atoms with van der Waals surface area (Å²) in [7, 11) is -3.49. The van der Waals surface area contributed by atoms with E-state index in [-0.39, 0.29) is 11.8 Å². The fourth-order valence-corrected chi connectivity index (χ4v) is 5.26. The topological polar surface area (TPSA) is 57.7 Å². The van der Waals surface area contributed by atoms with E-state index in [9.17, 15) is 13.2 Å². The lowest BCUT2D eigenvalue weighted by atomic mass is 9.92. The maximum Gasteiger partial charge on any atom is 0.243 e. The predicted octanol–water partition coefficient (Wildman–Crippen LogP) is 2.44. The van der Waals surface area contributed by atoms with Crippen LogP contribution < -0.4 is 0 Å². The highest BCUT2D eigenvalue weighted by Crippen LogP contribution is 2.26. The molecule has 1 aromatic rings. The van der Waals surface area contributed by atoms with Crippen molar-refractivity contribution in [2.24, 2.45) is 5.92 Å². The maximum absolute atomic E-state index is 13.1. The average Bonchev–Trinajstić information content (AvgIpc) is 2.87. The van der Waals surface area contributed by atoms with Crippen LogP contribution >= 0.6 is 0 Å². The summed E-state index contributed by atoms with van der Waals surface area (Å²) in [5, 5.41) is 0. The molecule has 0 saturated carbocycles. The van der Waals surface area contributed by atoms with E-state index in [0.29, 0.717) is 37.5 Å². The molecule has 0 bridgehead atoms. The molecule has 5 nitrogen and oxygen atoms in total. The molecule has 138 valence electrons. The van der Waals surface area contributed by atoms with Crippen LogP contribution in [0.1, 0.15) is 44.2 Å². The van der Waals surface area contributed by atoms with Gasteiger partial charge in [0.05, 0.1) is 4.90 Å². The first-order valence-electron chi connectivity index (χ1n) is 9.30. The number of benzene rings is 1. The van der Waals surface area contributed by atoms with E-state index < -0.39 is 10.0 Å². The van der Waals surface area contributed by atoms with Crippen LogP contribution in [-0.2, 0) is 27.7 Å². The number of aryl methyl sites for hydroxylation is 2. The molecule has 0 N–H and O–H groups in total. The number of amides is 1. The van der Waals surface area contributed by atoms with E-state index in [4.69, 9.17) is 0 Å². The van der Waals surface area contributed by atoms with Gasteiger partial charge in [-0.1, -0.05) is 19.9 Å². The van der Waals surface area contributed by atoms with Gasteiger partial charge in [0.15, 0.2) is 0 Å². The van der Waals surface area contributed by atoms with Crippen molar-refractivity contribution < 1.29 is 13.2 Å². The Morgan fingerprint density at radius 2 is 1.68 bits per heavy atom. The van der Waals surface area contributed by atoms with Crippen LogP contribution in [0.15, 0.2) is 23.1 Å². The molecule has 1 aromatic carbocycles. The van der Waals surface area contributed by atoms with Crippen LogP contribution in [0.3, 0.4) is 0 Å². The van der Waals surface area contributed by atoms with E-state index in [0.717, 1.165) is 19.3 Å². The van der Waals surface area contributed by atoms with Crippen LogP contribution in [0, 0.1) is 5.92 Å². The zero-order valence-corrected chi connectivity index (χ0v) is 16.0. The summed E-state index contributed by atoms with van der Waals surface area (Å²) in [4.78, 5) is 14.4. The largest absolute Gasteiger partial charge is 0.341 e. The zero-order valence-electron chi connectivity index (χ0n) is 15.2. The summed E-state index contributed by atoms with van der Waals surface area (Å²) < 4.78 is 27.7. The van der Waals surface area contributed by atoms with Gasteiger partial charge in [-0.25, -0.2) is 8.42 Å². The molecule has 2 aliphatic rings. The van der Waals surface area contributed by atoms with Crippen molar-refractivity contribution >= 4 is 15.9 Å². The Bertz CT molecular complexity index is 743. The van der Waals surface area contributed by atoms with Gasteiger partial charge < -0.3 is 4.90 Å². The summed E-state index contributed by atoms with van der Waals surface area (Å²) in [6, 6.07) is 5.60. The van der Waals surface area contributed by atoms with Crippen molar-refractivity contribution in [3.63, 3.8) is 0 Å². The van der Waals surface area contributed by atoms with E-state index in [1.807, 2.05) is 26.0 Å². The highest BCUT2D eigenvalue weighted by atomic mass is 32.2. The van der Waals surface area contributed by atoms with Gasteiger partial charge in [-0.15, -0.1) is 0 Å². The summed E-state index contributed by atoms with van der Waals surface area (Å²) in [5.41, 5.74) is 2.47. The second-order valence-corrected chi connectivity index (χ2v) is 9.31. The zero-order chi connectivity index (χ0) is 18.0. The number of carbonyl (C=O) groups is 1. The van der Waals surface area contributed by atoms with Gasteiger partial charge in [0.1, 0.15) is 0 Å². The molecule has 1 aliphatic heterocycles. The molecule has 1 fully saturated rings. The van der Waals surface area contributed by atoms with Crippen molar-refractivity contribution in [2.75, 3.05) is 26.2 Å². The summed E-state index contributed by atoms with van der Waals surface area (Å²) in [5.74, 6) is 0.0526. The normalized spacial score (nSPS) is 19.6. The molecule has 1 aliphatic carbocycles. The van der Waals surface area contributed by atoms with Crippen LogP contribution in [0.4, 0.5) is 0 Å². The van der Waals surface area contributed by atoms with Crippen LogP contribution in [0.2, 0.25) is 0 Å². The Morgan fingerprint density at radius 1 is 0.960 bits per heavy atom. The van der Waals surface area contributed by atoms with Gasteiger partial charge in [0.2, 0.25) is 15.9 Å². The van der Waals surface area contributed by atoms with E-state index in [2.05, 4.69) is 0 Å². The highest BCUT2D eigenvalue weighted by Gasteiger charge is 2.29. The van der Waals surface area contributed by atoms with Crippen molar-refractivity contribution in [1.29, 1.82) is 0 Å². The van der Waals surface area contributed by atoms with E-state index in [1.54, 1.807) is 15.3 Å². The minimum atomic E-state index is -3.49. The number of rotatable bonds is 3. The second-order valence-electron chi connectivity index (χ2n) is 7.38. The third kappa shape index (κ3) is 3.90. The van der Waals surface area contributed by atoms with Gasteiger partial charge in [-0.2, -0.15) is 4.31 Å². The van der Waals surface area contributed by atoms with Crippen molar-refractivity contribution in [3.8, 4) is 0 Å². The number of sulfonamides is 1. The van der Waals surface area contributed by atoms with E-state index >= 15 is 0 Å². The molecular formula is C19H28N2O3S.